The molecule has 2 aromatic heterocycles. The molecule has 3 heterocycles. The van der Waals surface area contributed by atoms with Crippen molar-refractivity contribution in [3.8, 4) is 11.3 Å². The first-order chi connectivity index (χ1) is 9.13. The molecule has 1 unspecified atom stereocenters. The van der Waals surface area contributed by atoms with Gasteiger partial charge in [-0.25, -0.2) is 4.68 Å². The number of piperidine rings is 1. The van der Waals surface area contributed by atoms with E-state index in [1.807, 2.05) is 18.4 Å². The predicted octanol–water partition coefficient (Wildman–Crippen LogP) is 1.29. The van der Waals surface area contributed by atoms with E-state index < -0.39 is 6.04 Å². The van der Waals surface area contributed by atoms with Gasteiger partial charge in [0.2, 0.25) is 5.91 Å². The van der Waals surface area contributed by atoms with Crippen LogP contribution in [0.25, 0.3) is 11.3 Å². The van der Waals surface area contributed by atoms with Gasteiger partial charge in [0.15, 0.2) is 0 Å². The van der Waals surface area contributed by atoms with Gasteiger partial charge in [0, 0.05) is 22.2 Å². The lowest BCUT2D eigenvalue weighted by Gasteiger charge is -2.20. The Morgan fingerprint density at radius 2 is 2.32 bits per heavy atom. The summed E-state index contributed by atoms with van der Waals surface area (Å²) >= 11 is 1.64. The zero-order valence-electron chi connectivity index (χ0n) is 10.3. The van der Waals surface area contributed by atoms with Crippen LogP contribution in [0.4, 0.5) is 0 Å². The first-order valence-corrected chi connectivity index (χ1v) is 6.82. The van der Waals surface area contributed by atoms with Gasteiger partial charge in [0.05, 0.1) is 6.20 Å². The van der Waals surface area contributed by atoms with Gasteiger partial charge in [0.1, 0.15) is 11.7 Å². The Bertz CT molecular complexity index is 646. The summed E-state index contributed by atoms with van der Waals surface area (Å²) in [6, 6.07) is 1.59. The van der Waals surface area contributed by atoms with Gasteiger partial charge in [-0.2, -0.15) is 0 Å². The minimum Gasteiger partial charge on any atom is -0.295 e. The minimum absolute atomic E-state index is 0.227. The van der Waals surface area contributed by atoms with Crippen molar-refractivity contribution in [1.29, 1.82) is 0 Å². The van der Waals surface area contributed by atoms with Crippen LogP contribution in [0.5, 0.6) is 0 Å². The van der Waals surface area contributed by atoms with Gasteiger partial charge in [-0.1, -0.05) is 5.21 Å². The van der Waals surface area contributed by atoms with E-state index in [1.54, 1.807) is 17.5 Å². The molecule has 1 aliphatic rings. The number of imide groups is 1. The molecular weight excluding hydrogens is 264 g/mol. The molecule has 0 spiro atoms. The molecule has 1 aliphatic heterocycles. The largest absolute Gasteiger partial charge is 0.295 e. The predicted molar refractivity (Wildman–Crippen MR) is 69.5 cm³/mol. The summed E-state index contributed by atoms with van der Waals surface area (Å²) in [7, 11) is 0. The molecule has 2 amide bonds. The summed E-state index contributed by atoms with van der Waals surface area (Å²) in [4.78, 5) is 24.0. The lowest BCUT2D eigenvalue weighted by atomic mass is 10.1. The third-order valence-corrected chi connectivity index (χ3v) is 3.93. The van der Waals surface area contributed by atoms with Crippen molar-refractivity contribution >= 4 is 23.2 Å². The molecular formula is C12H12N4O2S. The van der Waals surface area contributed by atoms with E-state index in [0.29, 0.717) is 12.8 Å². The Morgan fingerprint density at radius 3 is 3.00 bits per heavy atom. The van der Waals surface area contributed by atoms with Gasteiger partial charge in [-0.05, 0) is 19.4 Å². The highest BCUT2D eigenvalue weighted by atomic mass is 32.1. The molecule has 1 fully saturated rings. The third-order valence-electron chi connectivity index (χ3n) is 3.07. The van der Waals surface area contributed by atoms with Crippen LogP contribution in [0.3, 0.4) is 0 Å². The van der Waals surface area contributed by atoms with Crippen molar-refractivity contribution in [2.24, 2.45) is 0 Å². The van der Waals surface area contributed by atoms with Crippen LogP contribution >= 0.6 is 11.3 Å². The molecule has 98 valence electrons. The standard InChI is InChI=1S/C12H12N4O2S/c1-7-4-8(6-19-7)9-5-16(15-14-9)10-2-3-11(17)13-12(10)18/h4-6,10H,2-3H2,1H3,(H,13,17,18). The zero-order chi connectivity index (χ0) is 13.4. The molecule has 19 heavy (non-hydrogen) atoms. The molecule has 6 nitrogen and oxygen atoms in total. The van der Waals surface area contributed by atoms with E-state index in [-0.39, 0.29) is 11.8 Å². The second-order valence-corrected chi connectivity index (χ2v) is 5.61. The van der Waals surface area contributed by atoms with Crippen molar-refractivity contribution in [2.75, 3.05) is 0 Å². The fourth-order valence-corrected chi connectivity index (χ4v) is 2.77. The summed E-state index contributed by atoms with van der Waals surface area (Å²) < 4.78 is 1.53. The molecule has 0 aromatic carbocycles. The Morgan fingerprint density at radius 1 is 1.47 bits per heavy atom. The highest BCUT2D eigenvalue weighted by Crippen LogP contribution is 2.25. The van der Waals surface area contributed by atoms with E-state index in [0.717, 1.165) is 11.3 Å². The molecule has 0 saturated carbocycles. The average Bonchev–Trinajstić information content (AvgIpc) is 2.97. The summed E-state index contributed by atoms with van der Waals surface area (Å²) in [5.74, 6) is -0.538. The lowest BCUT2D eigenvalue weighted by molar-refractivity contribution is -0.136. The molecule has 2 aromatic rings. The molecule has 1 atom stereocenters. The number of hydrogen-bond acceptors (Lipinski definition) is 5. The summed E-state index contributed by atoms with van der Waals surface area (Å²) in [6.45, 7) is 2.03. The number of hydrogen-bond donors (Lipinski definition) is 1. The highest BCUT2D eigenvalue weighted by Gasteiger charge is 2.29. The normalized spacial score (nSPS) is 19.5. The maximum absolute atomic E-state index is 11.7. The fraction of sp³-hybridized carbons (Fsp3) is 0.333. The van der Waals surface area contributed by atoms with Crippen LogP contribution < -0.4 is 5.32 Å². The van der Waals surface area contributed by atoms with Gasteiger partial charge in [-0.3, -0.25) is 14.9 Å². The second kappa shape index (κ2) is 4.58. The van der Waals surface area contributed by atoms with Gasteiger partial charge < -0.3 is 0 Å². The topological polar surface area (TPSA) is 76.9 Å². The molecule has 0 radical (unpaired) electrons. The number of carbonyl (C=O) groups excluding carboxylic acids is 2. The van der Waals surface area contributed by atoms with Crippen LogP contribution in [0, 0.1) is 6.92 Å². The van der Waals surface area contributed by atoms with E-state index in [4.69, 9.17) is 0 Å². The molecule has 7 heteroatoms. The summed E-state index contributed by atoms with van der Waals surface area (Å²) in [5.41, 5.74) is 1.75. The summed E-state index contributed by atoms with van der Waals surface area (Å²) in [6.07, 6.45) is 2.56. The Labute approximate surface area is 113 Å². The van der Waals surface area contributed by atoms with E-state index >= 15 is 0 Å². The number of thiophene rings is 1. The zero-order valence-corrected chi connectivity index (χ0v) is 11.1. The first kappa shape index (κ1) is 12.0. The van der Waals surface area contributed by atoms with Crippen LogP contribution in [-0.4, -0.2) is 26.8 Å². The van der Waals surface area contributed by atoms with Crippen LogP contribution in [-0.2, 0) is 9.59 Å². The highest BCUT2D eigenvalue weighted by molar-refractivity contribution is 7.10. The average molecular weight is 276 g/mol. The van der Waals surface area contributed by atoms with Crippen molar-refractivity contribution in [2.45, 2.75) is 25.8 Å². The maximum Gasteiger partial charge on any atom is 0.251 e. The summed E-state index contributed by atoms with van der Waals surface area (Å²) in [5, 5.41) is 12.4. The number of nitrogens with one attached hydrogen (secondary N) is 1. The SMILES string of the molecule is Cc1cc(-c2cn(C3CCC(=O)NC3=O)nn2)cs1. The fourth-order valence-electron chi connectivity index (χ4n) is 2.07. The maximum atomic E-state index is 11.7. The lowest BCUT2D eigenvalue weighted by Crippen LogP contribution is -2.41. The number of aryl methyl sites for hydroxylation is 1. The monoisotopic (exact) mass is 276 g/mol. The van der Waals surface area contributed by atoms with Gasteiger partial charge >= 0.3 is 0 Å². The number of nitrogens with zero attached hydrogens (tertiary/aromatic N) is 3. The van der Waals surface area contributed by atoms with E-state index in [2.05, 4.69) is 15.6 Å². The Kier molecular flexibility index (Phi) is 2.90. The van der Waals surface area contributed by atoms with E-state index in [9.17, 15) is 9.59 Å². The molecule has 1 N–H and O–H groups in total. The van der Waals surface area contributed by atoms with Crippen LogP contribution in [0.2, 0.25) is 0 Å². The van der Waals surface area contributed by atoms with Crippen molar-refractivity contribution < 1.29 is 9.59 Å². The molecule has 1 saturated heterocycles. The van der Waals surface area contributed by atoms with Crippen LogP contribution in [0.15, 0.2) is 17.6 Å². The van der Waals surface area contributed by atoms with Gasteiger partial charge in [0.25, 0.3) is 5.91 Å². The number of carbonyl (C=O) groups is 2. The Balaban J connectivity index is 1.85. The molecule has 0 aliphatic carbocycles. The van der Waals surface area contributed by atoms with Crippen molar-refractivity contribution in [3.63, 3.8) is 0 Å². The van der Waals surface area contributed by atoms with Crippen molar-refractivity contribution in [3.05, 3.63) is 22.5 Å². The molecule has 0 bridgehead atoms. The number of amides is 2. The van der Waals surface area contributed by atoms with Gasteiger partial charge in [-0.15, -0.1) is 16.4 Å². The third kappa shape index (κ3) is 2.28. The Hall–Kier alpha value is -2.02. The smallest absolute Gasteiger partial charge is 0.251 e. The van der Waals surface area contributed by atoms with E-state index in [1.165, 1.54) is 9.56 Å². The quantitative estimate of drug-likeness (QED) is 0.839. The number of aromatic nitrogens is 3. The minimum atomic E-state index is -0.446. The second-order valence-electron chi connectivity index (χ2n) is 4.50. The first-order valence-electron chi connectivity index (χ1n) is 5.94. The van der Waals surface area contributed by atoms with Crippen LogP contribution in [0.1, 0.15) is 23.8 Å². The molecule has 3 rings (SSSR count). The van der Waals surface area contributed by atoms with Crippen molar-refractivity contribution in [1.82, 2.24) is 20.3 Å². The number of rotatable bonds is 2.